The van der Waals surface area contributed by atoms with Crippen molar-refractivity contribution in [3.63, 3.8) is 0 Å². The number of nitrogens with zero attached hydrogens (tertiary/aromatic N) is 2. The van der Waals surface area contributed by atoms with E-state index in [1.54, 1.807) is 13.0 Å². The summed E-state index contributed by atoms with van der Waals surface area (Å²) >= 11 is 0. The van der Waals surface area contributed by atoms with Crippen LogP contribution in [0.25, 0.3) is 0 Å². The fourth-order valence-corrected chi connectivity index (χ4v) is 1.76. The van der Waals surface area contributed by atoms with Gasteiger partial charge in [0.05, 0.1) is 4.92 Å². The van der Waals surface area contributed by atoms with Gasteiger partial charge in [0.2, 0.25) is 0 Å². The Hall–Kier alpha value is -1.65. The van der Waals surface area contributed by atoms with Gasteiger partial charge in [-0.05, 0) is 25.3 Å². The van der Waals surface area contributed by atoms with Crippen LogP contribution < -0.4 is 5.32 Å². The molecule has 0 aliphatic rings. The van der Waals surface area contributed by atoms with Crippen LogP contribution in [0, 0.1) is 23.0 Å². The van der Waals surface area contributed by atoms with Gasteiger partial charge in [0, 0.05) is 12.1 Å². The summed E-state index contributed by atoms with van der Waals surface area (Å²) in [5, 5.41) is 14.0. The van der Waals surface area contributed by atoms with E-state index in [0.29, 0.717) is 23.5 Å². The van der Waals surface area contributed by atoms with Crippen molar-refractivity contribution < 1.29 is 4.92 Å². The fraction of sp³-hybridized carbons (Fsp3) is 0.583. The molecule has 5 heteroatoms. The molecule has 94 valence electrons. The highest BCUT2D eigenvalue weighted by Crippen LogP contribution is 2.19. The van der Waals surface area contributed by atoms with Gasteiger partial charge in [0.15, 0.2) is 0 Å². The van der Waals surface area contributed by atoms with Gasteiger partial charge in [0.25, 0.3) is 5.69 Å². The first-order chi connectivity index (χ1) is 7.95. The third-order valence-electron chi connectivity index (χ3n) is 2.83. The van der Waals surface area contributed by atoms with E-state index in [0.717, 1.165) is 6.42 Å². The maximum atomic E-state index is 10.7. The second kappa shape index (κ2) is 5.61. The molecule has 17 heavy (non-hydrogen) atoms. The standard InChI is InChI=1S/C12H19N3O2/c1-5-10(8(2)3)14-12-7-6-11(15(16)17)9(4)13-12/h6-8,10H,5H2,1-4H3,(H,13,14). The van der Waals surface area contributed by atoms with Crippen molar-refractivity contribution >= 4 is 11.5 Å². The molecule has 1 aromatic heterocycles. The predicted octanol–water partition coefficient (Wildman–Crippen LogP) is 3.14. The molecule has 0 radical (unpaired) electrons. The van der Waals surface area contributed by atoms with E-state index < -0.39 is 4.92 Å². The van der Waals surface area contributed by atoms with Gasteiger partial charge < -0.3 is 5.32 Å². The zero-order valence-corrected chi connectivity index (χ0v) is 10.7. The van der Waals surface area contributed by atoms with E-state index in [1.807, 2.05) is 0 Å². The van der Waals surface area contributed by atoms with Crippen LogP contribution >= 0.6 is 0 Å². The number of aryl methyl sites for hydroxylation is 1. The Kier molecular flexibility index (Phi) is 4.43. The molecular formula is C12H19N3O2. The van der Waals surface area contributed by atoms with Gasteiger partial charge in [-0.2, -0.15) is 0 Å². The number of hydrogen-bond donors (Lipinski definition) is 1. The lowest BCUT2D eigenvalue weighted by Crippen LogP contribution is -2.25. The predicted molar refractivity (Wildman–Crippen MR) is 68.2 cm³/mol. The van der Waals surface area contributed by atoms with Gasteiger partial charge in [0.1, 0.15) is 11.5 Å². The zero-order chi connectivity index (χ0) is 13.0. The molecular weight excluding hydrogens is 218 g/mol. The Labute approximate surface area is 101 Å². The van der Waals surface area contributed by atoms with Crippen LogP contribution in [0.4, 0.5) is 11.5 Å². The summed E-state index contributed by atoms with van der Waals surface area (Å²) in [5.74, 6) is 1.20. The Morgan fingerprint density at radius 2 is 2.12 bits per heavy atom. The molecule has 1 rings (SSSR count). The minimum Gasteiger partial charge on any atom is -0.367 e. The van der Waals surface area contributed by atoms with E-state index in [-0.39, 0.29) is 5.69 Å². The largest absolute Gasteiger partial charge is 0.367 e. The van der Waals surface area contributed by atoms with E-state index in [2.05, 4.69) is 31.1 Å². The molecule has 0 aliphatic heterocycles. The molecule has 1 heterocycles. The van der Waals surface area contributed by atoms with Crippen LogP contribution in [-0.2, 0) is 0 Å². The SMILES string of the molecule is CCC(Nc1ccc([N+](=O)[O-])c(C)n1)C(C)C. The van der Waals surface area contributed by atoms with Crippen LogP contribution in [0.15, 0.2) is 12.1 Å². The van der Waals surface area contributed by atoms with Gasteiger partial charge in [-0.25, -0.2) is 4.98 Å². The summed E-state index contributed by atoms with van der Waals surface area (Å²) in [6.45, 7) is 8.04. The molecule has 0 fully saturated rings. The average Bonchev–Trinajstić information content (AvgIpc) is 2.24. The summed E-state index contributed by atoms with van der Waals surface area (Å²) in [5.41, 5.74) is 0.506. The Bertz CT molecular complexity index is 405. The maximum absolute atomic E-state index is 10.7. The molecule has 1 atom stereocenters. The molecule has 0 saturated carbocycles. The normalized spacial score (nSPS) is 12.5. The van der Waals surface area contributed by atoms with Gasteiger partial charge in [-0.3, -0.25) is 10.1 Å². The number of pyridine rings is 1. The maximum Gasteiger partial charge on any atom is 0.290 e. The molecule has 0 bridgehead atoms. The number of nitro groups is 1. The topological polar surface area (TPSA) is 68.1 Å². The van der Waals surface area contributed by atoms with Gasteiger partial charge in [-0.15, -0.1) is 0 Å². The van der Waals surface area contributed by atoms with Crippen molar-refractivity contribution in [3.05, 3.63) is 27.9 Å². The van der Waals surface area contributed by atoms with E-state index in [4.69, 9.17) is 0 Å². The number of hydrogen-bond acceptors (Lipinski definition) is 4. The van der Waals surface area contributed by atoms with Crippen molar-refractivity contribution in [1.29, 1.82) is 0 Å². The fourth-order valence-electron chi connectivity index (χ4n) is 1.76. The van der Waals surface area contributed by atoms with E-state index in [1.165, 1.54) is 6.07 Å². The Morgan fingerprint density at radius 1 is 1.47 bits per heavy atom. The van der Waals surface area contributed by atoms with Crippen molar-refractivity contribution in [2.75, 3.05) is 5.32 Å². The summed E-state index contributed by atoms with van der Waals surface area (Å²) in [6.07, 6.45) is 0.995. The average molecular weight is 237 g/mol. The molecule has 0 aliphatic carbocycles. The highest BCUT2D eigenvalue weighted by molar-refractivity contribution is 5.45. The monoisotopic (exact) mass is 237 g/mol. The first-order valence-corrected chi connectivity index (χ1v) is 5.84. The molecule has 5 nitrogen and oxygen atoms in total. The molecule has 0 saturated heterocycles. The summed E-state index contributed by atoms with van der Waals surface area (Å²) in [6, 6.07) is 3.50. The van der Waals surface area contributed by atoms with Crippen molar-refractivity contribution in [2.24, 2.45) is 5.92 Å². The summed E-state index contributed by atoms with van der Waals surface area (Å²) < 4.78 is 0. The Morgan fingerprint density at radius 3 is 2.53 bits per heavy atom. The van der Waals surface area contributed by atoms with Crippen molar-refractivity contribution in [3.8, 4) is 0 Å². The lowest BCUT2D eigenvalue weighted by atomic mass is 10.0. The number of anilines is 1. The third kappa shape index (κ3) is 3.41. The smallest absolute Gasteiger partial charge is 0.290 e. The van der Waals surface area contributed by atoms with Crippen molar-refractivity contribution in [2.45, 2.75) is 40.2 Å². The van der Waals surface area contributed by atoms with Gasteiger partial charge >= 0.3 is 0 Å². The van der Waals surface area contributed by atoms with E-state index >= 15 is 0 Å². The van der Waals surface area contributed by atoms with Crippen LogP contribution in [-0.4, -0.2) is 15.9 Å². The zero-order valence-electron chi connectivity index (χ0n) is 10.7. The molecule has 0 aromatic carbocycles. The molecule has 0 spiro atoms. The third-order valence-corrected chi connectivity index (χ3v) is 2.83. The first kappa shape index (κ1) is 13.4. The van der Waals surface area contributed by atoms with Crippen LogP contribution in [0.5, 0.6) is 0 Å². The molecule has 1 N–H and O–H groups in total. The van der Waals surface area contributed by atoms with Crippen molar-refractivity contribution in [1.82, 2.24) is 4.98 Å². The van der Waals surface area contributed by atoms with Gasteiger partial charge in [-0.1, -0.05) is 20.8 Å². The van der Waals surface area contributed by atoms with Crippen LogP contribution in [0.1, 0.15) is 32.9 Å². The highest BCUT2D eigenvalue weighted by atomic mass is 16.6. The summed E-state index contributed by atoms with van der Waals surface area (Å²) in [7, 11) is 0. The molecule has 1 unspecified atom stereocenters. The number of nitrogens with one attached hydrogen (secondary N) is 1. The number of aromatic nitrogens is 1. The Balaban J connectivity index is 2.87. The summed E-state index contributed by atoms with van der Waals surface area (Å²) in [4.78, 5) is 14.5. The second-order valence-corrected chi connectivity index (χ2v) is 4.46. The lowest BCUT2D eigenvalue weighted by Gasteiger charge is -2.21. The first-order valence-electron chi connectivity index (χ1n) is 5.84. The number of rotatable bonds is 5. The lowest BCUT2D eigenvalue weighted by molar-refractivity contribution is -0.385. The second-order valence-electron chi connectivity index (χ2n) is 4.46. The minimum atomic E-state index is -0.411. The molecule has 0 amide bonds. The minimum absolute atomic E-state index is 0.0631. The van der Waals surface area contributed by atoms with E-state index in [9.17, 15) is 10.1 Å². The quantitative estimate of drug-likeness (QED) is 0.631. The van der Waals surface area contributed by atoms with Crippen LogP contribution in [0.2, 0.25) is 0 Å². The molecule has 1 aromatic rings. The highest BCUT2D eigenvalue weighted by Gasteiger charge is 2.15. The van der Waals surface area contributed by atoms with Crippen LogP contribution in [0.3, 0.4) is 0 Å².